The zero-order valence-electron chi connectivity index (χ0n) is 9.76. The third-order valence-electron chi connectivity index (χ3n) is 3.33. The van der Waals surface area contributed by atoms with Crippen LogP contribution in [0.2, 0.25) is 0 Å². The highest BCUT2D eigenvalue weighted by Crippen LogP contribution is 2.37. The maximum absolute atomic E-state index is 8.52. The standard InChI is InChI=1S/C14H15N3/c15-8-2-1-3-11-4-7-14-13(9-11)16-10-17(14)12-5-6-12/h4,7,9-10,12H,1-3,5-6H2. The average Bonchev–Trinajstić information content (AvgIpc) is 3.10. The van der Waals surface area contributed by atoms with E-state index >= 15 is 0 Å². The summed E-state index contributed by atoms with van der Waals surface area (Å²) in [4.78, 5) is 4.47. The number of hydrogen-bond donors (Lipinski definition) is 0. The summed E-state index contributed by atoms with van der Waals surface area (Å²) in [7, 11) is 0. The number of rotatable bonds is 4. The minimum absolute atomic E-state index is 0.633. The Morgan fingerprint density at radius 2 is 2.29 bits per heavy atom. The van der Waals surface area contributed by atoms with Crippen LogP contribution in [-0.4, -0.2) is 9.55 Å². The molecular weight excluding hydrogens is 210 g/mol. The molecular formula is C14H15N3. The van der Waals surface area contributed by atoms with Gasteiger partial charge in [-0.3, -0.25) is 0 Å². The lowest BCUT2D eigenvalue weighted by Gasteiger charge is -2.02. The van der Waals surface area contributed by atoms with Crippen molar-refractivity contribution in [2.75, 3.05) is 0 Å². The van der Waals surface area contributed by atoms with Crippen LogP contribution in [0.3, 0.4) is 0 Å². The number of benzene rings is 1. The molecule has 0 aliphatic heterocycles. The molecule has 1 fully saturated rings. The Hall–Kier alpha value is -1.82. The molecule has 0 amide bonds. The van der Waals surface area contributed by atoms with Crippen molar-refractivity contribution in [1.29, 1.82) is 5.26 Å². The van der Waals surface area contributed by atoms with Crippen molar-refractivity contribution >= 4 is 11.0 Å². The number of unbranched alkanes of at least 4 members (excludes halogenated alkanes) is 1. The van der Waals surface area contributed by atoms with Gasteiger partial charge in [0.05, 0.1) is 23.4 Å². The fraction of sp³-hybridized carbons (Fsp3) is 0.429. The summed E-state index contributed by atoms with van der Waals surface area (Å²) in [6.45, 7) is 0. The van der Waals surface area contributed by atoms with Crippen molar-refractivity contribution in [2.24, 2.45) is 0 Å². The molecule has 0 spiro atoms. The second-order valence-electron chi connectivity index (χ2n) is 4.72. The van der Waals surface area contributed by atoms with Crippen LogP contribution in [0.4, 0.5) is 0 Å². The van der Waals surface area contributed by atoms with Crippen LogP contribution < -0.4 is 0 Å². The molecule has 0 atom stereocenters. The molecule has 1 aliphatic rings. The second kappa shape index (κ2) is 4.21. The van der Waals surface area contributed by atoms with Crippen molar-refractivity contribution in [3.8, 4) is 6.07 Å². The Morgan fingerprint density at radius 1 is 1.41 bits per heavy atom. The fourth-order valence-corrected chi connectivity index (χ4v) is 2.25. The number of nitriles is 1. The number of hydrogen-bond acceptors (Lipinski definition) is 2. The number of nitrogens with zero attached hydrogens (tertiary/aromatic N) is 3. The number of fused-ring (bicyclic) bond motifs is 1. The Bertz CT molecular complexity index is 573. The predicted molar refractivity (Wildman–Crippen MR) is 66.6 cm³/mol. The first kappa shape index (κ1) is 10.3. The van der Waals surface area contributed by atoms with Crippen LogP contribution in [0.1, 0.15) is 37.3 Å². The molecule has 1 saturated carbocycles. The minimum Gasteiger partial charge on any atom is -0.327 e. The zero-order valence-corrected chi connectivity index (χ0v) is 9.76. The second-order valence-corrected chi connectivity index (χ2v) is 4.72. The molecule has 1 aromatic heterocycles. The third-order valence-corrected chi connectivity index (χ3v) is 3.33. The monoisotopic (exact) mass is 225 g/mol. The van der Waals surface area contributed by atoms with E-state index in [1.807, 2.05) is 6.33 Å². The smallest absolute Gasteiger partial charge is 0.0960 e. The molecule has 0 unspecified atom stereocenters. The summed E-state index contributed by atoms with van der Waals surface area (Å²) in [5.74, 6) is 0. The Kier molecular flexibility index (Phi) is 2.56. The zero-order chi connectivity index (χ0) is 11.7. The summed E-state index contributed by atoms with van der Waals surface area (Å²) >= 11 is 0. The van der Waals surface area contributed by atoms with E-state index in [0.29, 0.717) is 12.5 Å². The van der Waals surface area contributed by atoms with Gasteiger partial charge in [0.1, 0.15) is 0 Å². The van der Waals surface area contributed by atoms with Crippen LogP contribution in [0, 0.1) is 11.3 Å². The molecule has 0 saturated heterocycles. The number of imidazole rings is 1. The van der Waals surface area contributed by atoms with E-state index in [4.69, 9.17) is 5.26 Å². The van der Waals surface area contributed by atoms with Gasteiger partial charge in [0, 0.05) is 12.5 Å². The number of aromatic nitrogens is 2. The van der Waals surface area contributed by atoms with E-state index < -0.39 is 0 Å². The topological polar surface area (TPSA) is 41.6 Å². The van der Waals surface area contributed by atoms with E-state index in [9.17, 15) is 0 Å². The normalized spacial score (nSPS) is 15.0. The molecule has 0 N–H and O–H groups in total. The Morgan fingerprint density at radius 3 is 3.06 bits per heavy atom. The largest absolute Gasteiger partial charge is 0.327 e. The first-order chi connectivity index (χ1) is 8.38. The van der Waals surface area contributed by atoms with Gasteiger partial charge in [0.25, 0.3) is 0 Å². The van der Waals surface area contributed by atoms with E-state index in [-0.39, 0.29) is 0 Å². The van der Waals surface area contributed by atoms with Crippen molar-refractivity contribution in [3.05, 3.63) is 30.1 Å². The highest BCUT2D eigenvalue weighted by atomic mass is 15.1. The molecule has 0 radical (unpaired) electrons. The SMILES string of the molecule is N#CCCCc1ccc2c(c1)ncn2C1CC1. The molecule has 1 heterocycles. The molecule has 17 heavy (non-hydrogen) atoms. The molecule has 1 aliphatic carbocycles. The molecule has 3 nitrogen and oxygen atoms in total. The van der Waals surface area contributed by atoms with Gasteiger partial charge in [0.15, 0.2) is 0 Å². The predicted octanol–water partition coefficient (Wildman–Crippen LogP) is 3.22. The molecule has 0 bridgehead atoms. The molecule has 1 aromatic carbocycles. The van der Waals surface area contributed by atoms with Crippen molar-refractivity contribution in [3.63, 3.8) is 0 Å². The molecule has 3 rings (SSSR count). The lowest BCUT2D eigenvalue weighted by Crippen LogP contribution is -1.91. The van der Waals surface area contributed by atoms with Crippen molar-refractivity contribution in [2.45, 2.75) is 38.1 Å². The Labute approximate surface area is 101 Å². The van der Waals surface area contributed by atoms with Gasteiger partial charge in [0.2, 0.25) is 0 Å². The molecule has 86 valence electrons. The van der Waals surface area contributed by atoms with Crippen LogP contribution in [-0.2, 0) is 6.42 Å². The van der Waals surface area contributed by atoms with Gasteiger partial charge < -0.3 is 4.57 Å². The van der Waals surface area contributed by atoms with Gasteiger partial charge in [-0.1, -0.05) is 6.07 Å². The van der Waals surface area contributed by atoms with Crippen molar-refractivity contribution in [1.82, 2.24) is 9.55 Å². The number of aryl methyl sites for hydroxylation is 1. The highest BCUT2D eigenvalue weighted by Gasteiger charge is 2.24. The van der Waals surface area contributed by atoms with Gasteiger partial charge in [-0.15, -0.1) is 0 Å². The van der Waals surface area contributed by atoms with E-state index in [2.05, 4.69) is 33.8 Å². The Balaban J connectivity index is 1.84. The third kappa shape index (κ3) is 2.03. The van der Waals surface area contributed by atoms with Gasteiger partial charge in [-0.25, -0.2) is 4.98 Å². The summed E-state index contributed by atoms with van der Waals surface area (Å²) < 4.78 is 2.29. The highest BCUT2D eigenvalue weighted by molar-refractivity contribution is 5.76. The summed E-state index contributed by atoms with van der Waals surface area (Å²) in [6, 6.07) is 9.36. The van der Waals surface area contributed by atoms with E-state index in [0.717, 1.165) is 18.4 Å². The van der Waals surface area contributed by atoms with Crippen molar-refractivity contribution < 1.29 is 0 Å². The van der Waals surface area contributed by atoms with E-state index in [1.165, 1.54) is 23.9 Å². The minimum atomic E-state index is 0.633. The maximum Gasteiger partial charge on any atom is 0.0960 e. The quantitative estimate of drug-likeness (QED) is 0.750. The molecule has 3 heteroatoms. The van der Waals surface area contributed by atoms with Gasteiger partial charge in [-0.05, 0) is 43.4 Å². The van der Waals surface area contributed by atoms with Crippen LogP contribution in [0.5, 0.6) is 0 Å². The van der Waals surface area contributed by atoms with Crippen LogP contribution >= 0.6 is 0 Å². The summed E-state index contributed by atoms with van der Waals surface area (Å²) in [6.07, 6.45) is 7.08. The lowest BCUT2D eigenvalue weighted by atomic mass is 10.1. The van der Waals surface area contributed by atoms with Crippen LogP contribution in [0.25, 0.3) is 11.0 Å². The summed E-state index contributed by atoms with van der Waals surface area (Å²) in [5.41, 5.74) is 3.62. The average molecular weight is 225 g/mol. The summed E-state index contributed by atoms with van der Waals surface area (Å²) in [5, 5.41) is 8.52. The fourth-order valence-electron chi connectivity index (χ4n) is 2.25. The molecule has 2 aromatic rings. The first-order valence-electron chi connectivity index (χ1n) is 6.21. The lowest BCUT2D eigenvalue weighted by molar-refractivity contribution is 0.765. The van der Waals surface area contributed by atoms with Gasteiger partial charge in [-0.2, -0.15) is 5.26 Å². The van der Waals surface area contributed by atoms with E-state index in [1.54, 1.807) is 0 Å². The maximum atomic E-state index is 8.52. The van der Waals surface area contributed by atoms with Crippen LogP contribution in [0.15, 0.2) is 24.5 Å². The van der Waals surface area contributed by atoms with Gasteiger partial charge >= 0.3 is 0 Å². The first-order valence-corrected chi connectivity index (χ1v) is 6.21.